The number of hydrogen-bond acceptors (Lipinski definition) is 4. The van der Waals surface area contributed by atoms with Gasteiger partial charge in [-0.2, -0.15) is 13.2 Å². The maximum Gasteiger partial charge on any atom is 0.416 e. The summed E-state index contributed by atoms with van der Waals surface area (Å²) in [5.41, 5.74) is 1.24. The Morgan fingerprint density at radius 2 is 1.90 bits per heavy atom. The van der Waals surface area contributed by atoms with Crippen molar-refractivity contribution in [2.75, 3.05) is 44.2 Å². The molecule has 2 aromatic rings. The van der Waals surface area contributed by atoms with Crippen LogP contribution < -0.4 is 4.90 Å². The lowest BCUT2D eigenvalue weighted by Gasteiger charge is -2.39. The molecule has 2 aliphatic rings. The van der Waals surface area contributed by atoms with E-state index in [0.717, 1.165) is 19.0 Å². The summed E-state index contributed by atoms with van der Waals surface area (Å²) in [7, 11) is 0. The fraction of sp³-hybridized carbons (Fsp3) is 0.476. The minimum Gasteiger partial charge on any atom is -0.368 e. The van der Waals surface area contributed by atoms with E-state index in [-0.39, 0.29) is 11.9 Å². The van der Waals surface area contributed by atoms with Crippen LogP contribution in [0.2, 0.25) is 0 Å². The molecule has 156 valence electrons. The maximum atomic E-state index is 13.0. The van der Waals surface area contributed by atoms with Gasteiger partial charge in [0.15, 0.2) is 0 Å². The topological polar surface area (TPSA) is 26.8 Å². The van der Waals surface area contributed by atoms with E-state index in [9.17, 15) is 18.0 Å². The highest BCUT2D eigenvalue weighted by Gasteiger charge is 2.32. The number of amides is 1. The first kappa shape index (κ1) is 20.2. The number of rotatable bonds is 3. The summed E-state index contributed by atoms with van der Waals surface area (Å²) in [4.78, 5) is 20.2. The number of piperazine rings is 1. The molecule has 0 aliphatic carbocycles. The fourth-order valence-corrected chi connectivity index (χ4v) is 5.11. The van der Waals surface area contributed by atoms with Crippen LogP contribution in [0.3, 0.4) is 0 Å². The monoisotopic (exact) mass is 423 g/mol. The number of nitrogens with zero attached hydrogens (tertiary/aromatic N) is 3. The normalized spacial score (nSPS) is 20.6. The summed E-state index contributed by atoms with van der Waals surface area (Å²) >= 11 is 1.78. The number of benzene rings is 1. The van der Waals surface area contributed by atoms with E-state index < -0.39 is 11.7 Å². The molecule has 1 aromatic heterocycles. The van der Waals surface area contributed by atoms with Gasteiger partial charge in [-0.3, -0.25) is 9.69 Å². The van der Waals surface area contributed by atoms with Gasteiger partial charge in [-0.25, -0.2) is 0 Å². The quantitative estimate of drug-likeness (QED) is 0.746. The van der Waals surface area contributed by atoms with Crippen molar-refractivity contribution in [2.24, 2.45) is 0 Å². The van der Waals surface area contributed by atoms with Gasteiger partial charge >= 0.3 is 6.18 Å². The molecule has 0 spiro atoms. The first-order valence-corrected chi connectivity index (χ1v) is 10.7. The molecule has 1 atom stereocenters. The van der Waals surface area contributed by atoms with Gasteiger partial charge < -0.3 is 9.80 Å². The van der Waals surface area contributed by atoms with Crippen LogP contribution in [-0.2, 0) is 17.4 Å². The molecular formula is C21H24F3N3OS. The molecule has 29 heavy (non-hydrogen) atoms. The molecule has 4 rings (SSSR count). The van der Waals surface area contributed by atoms with Crippen LogP contribution in [0.1, 0.15) is 29.0 Å². The molecular weight excluding hydrogens is 399 g/mol. The zero-order valence-corrected chi connectivity index (χ0v) is 17.1. The van der Waals surface area contributed by atoms with E-state index in [2.05, 4.69) is 23.3 Å². The van der Waals surface area contributed by atoms with E-state index in [4.69, 9.17) is 0 Å². The molecule has 1 fully saturated rings. The average Bonchev–Trinajstić information content (AvgIpc) is 3.19. The average molecular weight is 424 g/mol. The Morgan fingerprint density at radius 1 is 1.14 bits per heavy atom. The second-order valence-corrected chi connectivity index (χ2v) is 8.61. The van der Waals surface area contributed by atoms with Gasteiger partial charge in [0, 0.05) is 49.3 Å². The summed E-state index contributed by atoms with van der Waals surface area (Å²) in [6, 6.07) is 7.79. The minimum atomic E-state index is -4.35. The molecule has 1 aromatic carbocycles. The van der Waals surface area contributed by atoms with Crippen LogP contribution in [0.4, 0.5) is 18.9 Å². The van der Waals surface area contributed by atoms with Gasteiger partial charge in [0.2, 0.25) is 5.91 Å². The van der Waals surface area contributed by atoms with Crippen molar-refractivity contribution in [2.45, 2.75) is 25.6 Å². The van der Waals surface area contributed by atoms with Crippen LogP contribution >= 0.6 is 11.3 Å². The summed E-state index contributed by atoms with van der Waals surface area (Å²) < 4.78 is 38.9. The number of hydrogen-bond donors (Lipinski definition) is 0. The number of anilines is 1. The fourth-order valence-electron chi connectivity index (χ4n) is 4.14. The Labute approximate surface area is 172 Å². The van der Waals surface area contributed by atoms with Gasteiger partial charge in [-0.15, -0.1) is 11.3 Å². The third-order valence-electron chi connectivity index (χ3n) is 5.91. The maximum absolute atomic E-state index is 13.0. The summed E-state index contributed by atoms with van der Waals surface area (Å²) in [6.45, 7) is 5.55. The smallest absolute Gasteiger partial charge is 0.368 e. The summed E-state index contributed by atoms with van der Waals surface area (Å²) in [6.07, 6.45) is -3.37. The predicted octanol–water partition coefficient (Wildman–Crippen LogP) is 4.03. The van der Waals surface area contributed by atoms with Crippen molar-refractivity contribution in [1.82, 2.24) is 9.80 Å². The summed E-state index contributed by atoms with van der Waals surface area (Å²) in [5.74, 6) is 0.0965. The molecule has 1 saturated heterocycles. The van der Waals surface area contributed by atoms with Gasteiger partial charge in [-0.1, -0.05) is 6.07 Å². The first-order valence-electron chi connectivity index (χ1n) is 9.83. The minimum absolute atomic E-state index is 0.0965. The lowest BCUT2D eigenvalue weighted by Crippen LogP contribution is -2.52. The molecule has 3 heterocycles. The van der Waals surface area contributed by atoms with Crippen molar-refractivity contribution < 1.29 is 18.0 Å². The zero-order valence-electron chi connectivity index (χ0n) is 16.3. The van der Waals surface area contributed by atoms with E-state index >= 15 is 0 Å². The highest BCUT2D eigenvalue weighted by Crippen LogP contribution is 2.33. The third kappa shape index (κ3) is 4.28. The molecule has 0 unspecified atom stereocenters. The molecule has 8 heteroatoms. The van der Waals surface area contributed by atoms with Crippen molar-refractivity contribution in [3.63, 3.8) is 0 Å². The van der Waals surface area contributed by atoms with Crippen LogP contribution in [0.15, 0.2) is 35.7 Å². The van der Waals surface area contributed by atoms with Gasteiger partial charge in [-0.05, 0) is 48.6 Å². The summed E-state index contributed by atoms with van der Waals surface area (Å²) in [5, 5.41) is 2.11. The highest BCUT2D eigenvalue weighted by atomic mass is 32.1. The Morgan fingerprint density at radius 3 is 2.62 bits per heavy atom. The van der Waals surface area contributed by atoms with Crippen LogP contribution in [0.25, 0.3) is 0 Å². The second-order valence-electron chi connectivity index (χ2n) is 7.61. The second kappa shape index (κ2) is 7.99. The van der Waals surface area contributed by atoms with Crippen LogP contribution in [0, 0.1) is 0 Å². The van der Waals surface area contributed by atoms with Crippen molar-refractivity contribution in [3.8, 4) is 0 Å². The van der Waals surface area contributed by atoms with E-state index in [1.807, 2.05) is 9.80 Å². The lowest BCUT2D eigenvalue weighted by molar-refractivity contribution is -0.137. The number of alkyl halides is 3. The third-order valence-corrected chi connectivity index (χ3v) is 6.91. The lowest BCUT2D eigenvalue weighted by atomic mass is 10.0. The molecule has 2 aliphatic heterocycles. The number of thiophene rings is 1. The van der Waals surface area contributed by atoms with E-state index in [1.165, 1.54) is 22.6 Å². The predicted molar refractivity (Wildman–Crippen MR) is 108 cm³/mol. The largest absolute Gasteiger partial charge is 0.416 e. The highest BCUT2D eigenvalue weighted by molar-refractivity contribution is 7.10. The van der Waals surface area contributed by atoms with E-state index in [1.54, 1.807) is 17.4 Å². The van der Waals surface area contributed by atoms with Gasteiger partial charge in [0.1, 0.15) is 0 Å². The van der Waals surface area contributed by atoms with Crippen molar-refractivity contribution in [1.29, 1.82) is 0 Å². The number of carbonyl (C=O) groups excluding carboxylic acids is 1. The zero-order chi connectivity index (χ0) is 20.6. The van der Waals surface area contributed by atoms with Gasteiger partial charge in [0.05, 0.1) is 12.1 Å². The molecule has 0 saturated carbocycles. The Kier molecular flexibility index (Phi) is 5.57. The van der Waals surface area contributed by atoms with Gasteiger partial charge in [0.25, 0.3) is 0 Å². The molecule has 4 nitrogen and oxygen atoms in total. The van der Waals surface area contributed by atoms with Crippen molar-refractivity contribution >= 4 is 22.9 Å². The first-order chi connectivity index (χ1) is 13.8. The SMILES string of the molecule is C[C@@H]1c2ccsc2CCN1CC(=O)N1CCN(c2cccc(C(F)(F)F)c2)CC1. The van der Waals surface area contributed by atoms with E-state index in [0.29, 0.717) is 38.4 Å². The standard InChI is InChI=1S/C21H24F3N3OS/c1-15-18-6-12-29-19(18)5-7-27(15)14-20(28)26-10-8-25(9-11-26)17-4-2-3-16(13-17)21(22,23)24/h2-4,6,12-13,15H,5,7-11,14H2,1H3/t15-/m1/s1. The molecule has 0 N–H and O–H groups in total. The van der Waals surface area contributed by atoms with Crippen LogP contribution in [0.5, 0.6) is 0 Å². The Hall–Kier alpha value is -2.06. The Balaban J connectivity index is 1.34. The number of halogens is 3. The molecule has 1 amide bonds. The molecule has 0 radical (unpaired) electrons. The molecule has 0 bridgehead atoms. The number of fused-ring (bicyclic) bond motifs is 1. The van der Waals surface area contributed by atoms with Crippen molar-refractivity contribution in [3.05, 3.63) is 51.7 Å². The number of carbonyl (C=O) groups is 1. The Bertz CT molecular complexity index is 874. The van der Waals surface area contributed by atoms with Crippen LogP contribution in [-0.4, -0.2) is 55.0 Å².